The van der Waals surface area contributed by atoms with Gasteiger partial charge in [-0.2, -0.15) is 0 Å². The number of halogens is 2. The van der Waals surface area contributed by atoms with E-state index in [9.17, 15) is 15.0 Å². The van der Waals surface area contributed by atoms with E-state index in [0.717, 1.165) is 43.0 Å². The van der Waals surface area contributed by atoms with Crippen LogP contribution >= 0.6 is 23.2 Å². The van der Waals surface area contributed by atoms with Crippen LogP contribution in [0.3, 0.4) is 0 Å². The Morgan fingerprint density at radius 1 is 1.15 bits per heavy atom. The number of phenols is 1. The molecule has 1 amide bonds. The number of likely N-dealkylation sites (tertiary alicyclic amines) is 1. The summed E-state index contributed by atoms with van der Waals surface area (Å²) < 4.78 is 6.75. The molecule has 5 atom stereocenters. The van der Waals surface area contributed by atoms with Gasteiger partial charge in [0.05, 0.1) is 33.5 Å². The first-order chi connectivity index (χ1) is 19.1. The van der Waals surface area contributed by atoms with E-state index in [-0.39, 0.29) is 36.1 Å². The van der Waals surface area contributed by atoms with Crippen LogP contribution in [0.2, 0.25) is 10.0 Å². The third-order valence-corrected chi connectivity index (χ3v) is 11.1. The van der Waals surface area contributed by atoms with Crippen molar-refractivity contribution in [1.82, 2.24) is 9.80 Å². The molecule has 3 aliphatic carbocycles. The molecule has 1 saturated heterocycles. The summed E-state index contributed by atoms with van der Waals surface area (Å²) in [6, 6.07) is 8.92. The molecule has 1 spiro atoms. The van der Waals surface area contributed by atoms with Gasteiger partial charge in [-0.05, 0) is 86.2 Å². The first-order valence-corrected chi connectivity index (χ1v) is 15.6. The highest BCUT2D eigenvalue weighted by atomic mass is 35.5. The fraction of sp³-hybridized carbons (Fsp3) is 0.594. The van der Waals surface area contributed by atoms with Gasteiger partial charge in [-0.3, -0.25) is 9.69 Å². The predicted octanol–water partition coefficient (Wildman–Crippen LogP) is 5.36. The molecule has 3 unspecified atom stereocenters. The summed E-state index contributed by atoms with van der Waals surface area (Å²) in [6.07, 6.45) is 5.13. The molecule has 2 aliphatic heterocycles. The molecule has 2 aromatic carbocycles. The number of amides is 1. The minimum absolute atomic E-state index is 0.0152. The van der Waals surface area contributed by atoms with Crippen molar-refractivity contribution in [2.45, 2.75) is 88.0 Å². The second-order valence-corrected chi connectivity index (χ2v) is 14.1. The van der Waals surface area contributed by atoms with E-state index in [2.05, 4.69) is 18.7 Å². The Labute approximate surface area is 246 Å². The number of benzene rings is 2. The molecule has 3 fully saturated rings. The Kier molecular flexibility index (Phi) is 6.40. The number of piperidine rings is 1. The maximum Gasteiger partial charge on any atom is 0.227 e. The zero-order valence-corrected chi connectivity index (χ0v) is 24.7. The third-order valence-electron chi connectivity index (χ3n) is 10.4. The molecule has 2 aromatic rings. The monoisotopic (exact) mass is 584 g/mol. The van der Waals surface area contributed by atoms with Gasteiger partial charge in [-0.1, -0.05) is 49.2 Å². The van der Waals surface area contributed by atoms with Crippen LogP contribution in [-0.2, 0) is 23.1 Å². The predicted molar refractivity (Wildman–Crippen MR) is 155 cm³/mol. The standard InChI is InChI=1S/C32H38Cl2N2O4/c1-18(2)16-36(27(38)14-20-5-7-22(33)23(34)13-20)24-9-10-32(39)26-15-21-6-8-25(37)29-28(21)31(32,30(24)40-29)11-12-35(26)17-19-3-4-19/h5-8,13,18-19,24,26,30,37,39H,3-4,9-12,14-17H2,1-2H3/t24?,26-,30?,31+,32?/m1/s1. The minimum Gasteiger partial charge on any atom is -0.504 e. The lowest BCUT2D eigenvalue weighted by Crippen LogP contribution is -2.78. The Hall–Kier alpha value is -1.99. The van der Waals surface area contributed by atoms with Crippen LogP contribution in [0.15, 0.2) is 30.3 Å². The van der Waals surface area contributed by atoms with Gasteiger partial charge in [0, 0.05) is 24.7 Å². The lowest BCUT2D eigenvalue weighted by molar-refractivity contribution is -0.202. The Bertz CT molecular complexity index is 1360. The van der Waals surface area contributed by atoms with E-state index in [1.807, 2.05) is 17.0 Å². The van der Waals surface area contributed by atoms with Crippen LogP contribution in [-0.4, -0.2) is 69.3 Å². The quantitative estimate of drug-likeness (QED) is 0.458. The molecule has 2 N–H and O–H groups in total. The van der Waals surface area contributed by atoms with Gasteiger partial charge in [0.2, 0.25) is 5.91 Å². The number of carbonyl (C=O) groups excluding carboxylic acids is 1. The molecule has 2 bridgehead atoms. The number of phenolic OH excluding ortho intramolecular Hbond substituents is 1. The average Bonchev–Trinajstić information content (AvgIpc) is 3.65. The van der Waals surface area contributed by atoms with Crippen LogP contribution in [0.4, 0.5) is 0 Å². The Balaban J connectivity index is 1.28. The van der Waals surface area contributed by atoms with Gasteiger partial charge < -0.3 is 19.8 Å². The highest BCUT2D eigenvalue weighted by Crippen LogP contribution is 2.66. The number of carbonyl (C=O) groups is 1. The molecule has 0 aromatic heterocycles. The van der Waals surface area contributed by atoms with Crippen molar-refractivity contribution in [2.24, 2.45) is 11.8 Å². The number of hydrogen-bond donors (Lipinski definition) is 2. The lowest BCUT2D eigenvalue weighted by Gasteiger charge is -2.65. The van der Waals surface area contributed by atoms with Crippen molar-refractivity contribution in [3.63, 3.8) is 0 Å². The summed E-state index contributed by atoms with van der Waals surface area (Å²) in [4.78, 5) is 18.6. The number of aliphatic hydroxyl groups is 1. The van der Waals surface area contributed by atoms with E-state index in [1.54, 1.807) is 18.2 Å². The van der Waals surface area contributed by atoms with Crippen LogP contribution in [0.5, 0.6) is 11.5 Å². The molecule has 0 radical (unpaired) electrons. The number of aromatic hydroxyl groups is 1. The van der Waals surface area contributed by atoms with E-state index < -0.39 is 17.1 Å². The molecule has 8 heteroatoms. The fourth-order valence-corrected chi connectivity index (χ4v) is 8.84. The zero-order valence-electron chi connectivity index (χ0n) is 23.2. The third kappa shape index (κ3) is 3.93. The van der Waals surface area contributed by atoms with Crippen molar-refractivity contribution in [2.75, 3.05) is 19.6 Å². The summed E-state index contributed by atoms with van der Waals surface area (Å²) in [7, 11) is 0. The zero-order chi connectivity index (χ0) is 28.0. The molecular weight excluding hydrogens is 547 g/mol. The van der Waals surface area contributed by atoms with Gasteiger partial charge in [0.25, 0.3) is 0 Å². The summed E-state index contributed by atoms with van der Waals surface area (Å²) in [6.45, 7) is 6.77. The van der Waals surface area contributed by atoms with Gasteiger partial charge in [-0.15, -0.1) is 0 Å². The van der Waals surface area contributed by atoms with Gasteiger partial charge >= 0.3 is 0 Å². The highest BCUT2D eigenvalue weighted by molar-refractivity contribution is 6.42. The molecule has 2 saturated carbocycles. The maximum atomic E-state index is 14.0. The summed E-state index contributed by atoms with van der Waals surface area (Å²) in [5.41, 5.74) is 1.36. The van der Waals surface area contributed by atoms with E-state index in [4.69, 9.17) is 27.9 Å². The average molecular weight is 586 g/mol. The second kappa shape index (κ2) is 9.52. The van der Waals surface area contributed by atoms with Crippen LogP contribution in [0.1, 0.15) is 62.6 Å². The van der Waals surface area contributed by atoms with Gasteiger partial charge in [-0.25, -0.2) is 0 Å². The normalized spacial score (nSPS) is 32.1. The smallest absolute Gasteiger partial charge is 0.227 e. The number of nitrogens with zero attached hydrogens (tertiary/aromatic N) is 2. The molecule has 6 nitrogen and oxygen atoms in total. The Morgan fingerprint density at radius 2 is 1.95 bits per heavy atom. The number of rotatable bonds is 7. The maximum absolute atomic E-state index is 14.0. The molecule has 7 rings (SSSR count). The summed E-state index contributed by atoms with van der Waals surface area (Å²) in [5.74, 6) is 1.65. The van der Waals surface area contributed by atoms with E-state index >= 15 is 0 Å². The largest absolute Gasteiger partial charge is 0.504 e. The number of ether oxygens (including phenoxy) is 1. The van der Waals surface area contributed by atoms with Crippen LogP contribution < -0.4 is 4.74 Å². The lowest BCUT2D eigenvalue weighted by atomic mass is 9.48. The van der Waals surface area contributed by atoms with Crippen molar-refractivity contribution in [3.8, 4) is 11.5 Å². The van der Waals surface area contributed by atoms with Gasteiger partial charge in [0.1, 0.15) is 6.10 Å². The van der Waals surface area contributed by atoms with Gasteiger partial charge in [0.15, 0.2) is 11.5 Å². The SMILES string of the molecule is CC(C)CN(C(=O)Cc1ccc(Cl)c(Cl)c1)C1CCC2(O)[C@H]3Cc4ccc(O)c5c4[C@@]2(CCN3CC2CC2)C1O5. The first kappa shape index (κ1) is 26.9. The minimum atomic E-state index is -0.969. The summed E-state index contributed by atoms with van der Waals surface area (Å²) in [5, 5.41) is 24.7. The molecule has 5 aliphatic rings. The molecule has 40 heavy (non-hydrogen) atoms. The van der Waals surface area contributed by atoms with Crippen molar-refractivity contribution < 1.29 is 19.7 Å². The molecule has 214 valence electrons. The summed E-state index contributed by atoms with van der Waals surface area (Å²) >= 11 is 12.4. The van der Waals surface area contributed by atoms with Crippen molar-refractivity contribution in [3.05, 3.63) is 57.1 Å². The fourth-order valence-electron chi connectivity index (χ4n) is 8.52. The van der Waals surface area contributed by atoms with Crippen LogP contribution in [0, 0.1) is 11.8 Å². The second-order valence-electron chi connectivity index (χ2n) is 13.3. The molecule has 2 heterocycles. The molecular formula is C32H38Cl2N2O4. The first-order valence-electron chi connectivity index (χ1n) is 14.8. The topological polar surface area (TPSA) is 73.2 Å². The van der Waals surface area contributed by atoms with Crippen molar-refractivity contribution >= 4 is 29.1 Å². The highest BCUT2D eigenvalue weighted by Gasteiger charge is 2.73. The van der Waals surface area contributed by atoms with Crippen molar-refractivity contribution in [1.29, 1.82) is 0 Å². The van der Waals surface area contributed by atoms with Crippen LogP contribution in [0.25, 0.3) is 0 Å². The Morgan fingerprint density at radius 3 is 2.67 bits per heavy atom. The van der Waals surface area contributed by atoms with E-state index in [1.165, 1.54) is 18.4 Å². The van der Waals surface area contributed by atoms with E-state index in [0.29, 0.717) is 35.2 Å². The number of hydrogen-bond acceptors (Lipinski definition) is 5.